The molecule has 2 heterocycles. The minimum absolute atomic E-state index is 0.00960. The summed E-state index contributed by atoms with van der Waals surface area (Å²) in [6, 6.07) is 54.7. The number of carbonyl (C=O) groups is 3. The van der Waals surface area contributed by atoms with Gasteiger partial charge in [0.2, 0.25) is 5.91 Å². The van der Waals surface area contributed by atoms with Gasteiger partial charge in [0.1, 0.15) is 31.4 Å². The van der Waals surface area contributed by atoms with Gasteiger partial charge in [-0.05, 0) is 107 Å². The number of imidazole rings is 1. The molecular formula is C63H52FN3O7. The number of β-lactam (4-membered cyclic amide) rings is 1. The Kier molecular flexibility index (Phi) is 16.1. The van der Waals surface area contributed by atoms with E-state index in [1.54, 1.807) is 23.2 Å². The van der Waals surface area contributed by atoms with E-state index in [1.807, 2.05) is 176 Å². The van der Waals surface area contributed by atoms with E-state index in [4.69, 9.17) is 14.2 Å². The van der Waals surface area contributed by atoms with Crippen LogP contribution in [0.15, 0.2) is 194 Å². The topological polar surface area (TPSA) is 120 Å². The van der Waals surface area contributed by atoms with Crippen molar-refractivity contribution in [3.05, 3.63) is 245 Å². The summed E-state index contributed by atoms with van der Waals surface area (Å²) in [7, 11) is 1.88. The lowest BCUT2D eigenvalue weighted by Crippen LogP contribution is -2.55. The van der Waals surface area contributed by atoms with Gasteiger partial charge >= 0.3 is 11.9 Å². The summed E-state index contributed by atoms with van der Waals surface area (Å²) < 4.78 is 33.4. The lowest BCUT2D eigenvalue weighted by Gasteiger charge is -2.48. The molecule has 1 fully saturated rings. The second kappa shape index (κ2) is 23.9. The molecule has 0 aliphatic carbocycles. The van der Waals surface area contributed by atoms with Crippen LogP contribution in [0.3, 0.4) is 0 Å². The summed E-state index contributed by atoms with van der Waals surface area (Å²) in [4.78, 5) is 47.1. The first-order chi connectivity index (χ1) is 36.2. The number of hydrogen-bond acceptors (Lipinski definition) is 8. The molecule has 0 radical (unpaired) electrons. The Balaban J connectivity index is 0.974. The fourth-order valence-electron chi connectivity index (χ4n) is 8.72. The monoisotopic (exact) mass is 981 g/mol. The normalized spacial score (nSPS) is 14.2. The van der Waals surface area contributed by atoms with Crippen LogP contribution in [0.25, 0.3) is 11.1 Å². The second-order valence-corrected chi connectivity index (χ2v) is 17.9. The summed E-state index contributed by atoms with van der Waals surface area (Å²) >= 11 is 0. The van der Waals surface area contributed by atoms with Crippen LogP contribution in [0.2, 0.25) is 0 Å². The molecule has 1 aliphatic rings. The van der Waals surface area contributed by atoms with Crippen molar-refractivity contribution in [3.8, 4) is 40.6 Å². The number of aryl methyl sites for hydroxylation is 1. The van der Waals surface area contributed by atoms with Crippen LogP contribution in [0.4, 0.5) is 10.1 Å². The number of ether oxygens (including phenoxy) is 3. The number of amides is 1. The highest BCUT2D eigenvalue weighted by atomic mass is 19.1. The average Bonchev–Trinajstić information content (AvgIpc) is 3.86. The predicted octanol–water partition coefficient (Wildman–Crippen LogP) is 11.3. The summed E-state index contributed by atoms with van der Waals surface area (Å²) in [5.41, 5.74) is 7.76. The zero-order valence-corrected chi connectivity index (χ0v) is 40.6. The van der Waals surface area contributed by atoms with Gasteiger partial charge in [0.15, 0.2) is 11.7 Å². The van der Waals surface area contributed by atoms with Crippen LogP contribution in [-0.2, 0) is 50.7 Å². The Morgan fingerprint density at radius 1 is 0.676 bits per heavy atom. The highest BCUT2D eigenvalue weighted by Crippen LogP contribution is 2.49. The quantitative estimate of drug-likeness (QED) is 0.0415. The van der Waals surface area contributed by atoms with Gasteiger partial charge in [0.25, 0.3) is 0 Å². The summed E-state index contributed by atoms with van der Waals surface area (Å²) in [6.45, 7) is 0.287. The number of halogens is 1. The van der Waals surface area contributed by atoms with Gasteiger partial charge in [0, 0.05) is 48.2 Å². The molecule has 1 amide bonds. The van der Waals surface area contributed by atoms with Crippen LogP contribution in [0.5, 0.6) is 5.75 Å². The average molecular weight is 982 g/mol. The summed E-state index contributed by atoms with van der Waals surface area (Å²) in [5.74, 6) is 9.93. The number of hydrogen-bond donors (Lipinski definition) is 1. The van der Waals surface area contributed by atoms with E-state index in [2.05, 4.69) is 28.7 Å². The Hall–Kier alpha value is -9.03. The van der Waals surface area contributed by atoms with Gasteiger partial charge in [-0.1, -0.05) is 145 Å². The van der Waals surface area contributed by atoms with E-state index >= 15 is 0 Å². The maximum atomic E-state index is 14.4. The standard InChI is InChI=1S/C63H52FN3O7/c1-66-39-38-65-59(66)37-24-45-22-32-53(33-23-45)67-60(55(61(67)69)35-36-57(68)50-27-30-52(64)31-28-50)54-34-29-51(40-58(54)72-41-46-12-5-2-6-13-46)49-25-20-44(21-26-49)18-11-19-56(62(70)73-42-47-14-7-3-8-15-47)63(71)74-43-48-16-9-4-10-17-48/h2-10,12-17,20-23,25-34,38-40,55-57,60,68H,19,35-36,41-43H2,1H3/t55-,57+,60-/m1/s1. The third-order valence-corrected chi connectivity index (χ3v) is 12.8. The molecule has 11 heteroatoms. The smallest absolute Gasteiger partial charge is 0.321 e. The first-order valence-electron chi connectivity index (χ1n) is 24.3. The SMILES string of the molecule is Cn1ccnc1C#Cc1ccc(N2C(=O)[C@H](CC[C@H](O)c3ccc(F)cc3)[C@H]2c2ccc(-c3ccc(C#CCC(C(=O)OCc4ccccc4)C(=O)OCc4ccccc4)cc3)cc2OCc2ccccc2)cc1. The molecular weight excluding hydrogens is 930 g/mol. The van der Waals surface area contributed by atoms with Gasteiger partial charge in [-0.2, -0.15) is 0 Å². The predicted molar refractivity (Wildman–Crippen MR) is 280 cm³/mol. The minimum Gasteiger partial charge on any atom is -0.489 e. The second-order valence-electron chi connectivity index (χ2n) is 17.9. The van der Waals surface area contributed by atoms with Crippen molar-refractivity contribution in [3.63, 3.8) is 0 Å². The van der Waals surface area contributed by atoms with Crippen LogP contribution in [0.1, 0.15) is 76.2 Å². The minimum atomic E-state index is -1.25. The molecule has 0 bridgehead atoms. The molecule has 8 aromatic rings. The third kappa shape index (κ3) is 12.5. The number of carbonyl (C=O) groups excluding carboxylic acids is 3. The molecule has 9 rings (SSSR count). The zero-order chi connectivity index (χ0) is 51.2. The highest BCUT2D eigenvalue weighted by Gasteiger charge is 2.49. The number of aliphatic hydroxyl groups is 1. The van der Waals surface area contributed by atoms with Gasteiger partial charge in [-0.3, -0.25) is 14.4 Å². The van der Waals surface area contributed by atoms with Crippen molar-refractivity contribution in [1.82, 2.24) is 9.55 Å². The van der Waals surface area contributed by atoms with E-state index in [-0.39, 0.29) is 38.6 Å². The van der Waals surface area contributed by atoms with Gasteiger partial charge < -0.3 is 28.8 Å². The summed E-state index contributed by atoms with van der Waals surface area (Å²) in [6.07, 6.45) is 3.16. The van der Waals surface area contributed by atoms with Gasteiger partial charge in [-0.25, -0.2) is 9.37 Å². The number of aromatic nitrogens is 2. The van der Waals surface area contributed by atoms with Crippen LogP contribution in [0, 0.1) is 41.3 Å². The third-order valence-electron chi connectivity index (χ3n) is 12.8. The van der Waals surface area contributed by atoms with E-state index in [0.29, 0.717) is 34.8 Å². The molecule has 3 atom stereocenters. The van der Waals surface area contributed by atoms with E-state index in [9.17, 15) is 23.9 Å². The first-order valence-corrected chi connectivity index (χ1v) is 24.3. The van der Waals surface area contributed by atoms with Crippen LogP contribution < -0.4 is 9.64 Å². The van der Waals surface area contributed by atoms with Gasteiger partial charge in [0.05, 0.1) is 18.1 Å². The lowest BCUT2D eigenvalue weighted by atomic mass is 9.77. The van der Waals surface area contributed by atoms with Crippen molar-refractivity contribution in [2.45, 2.75) is 51.2 Å². The Morgan fingerprint density at radius 3 is 1.84 bits per heavy atom. The molecule has 7 aromatic carbocycles. The van der Waals surface area contributed by atoms with Crippen LogP contribution in [-0.4, -0.2) is 32.5 Å². The molecule has 1 aromatic heterocycles. The van der Waals surface area contributed by atoms with Gasteiger partial charge in [-0.15, -0.1) is 0 Å². The number of rotatable bonds is 17. The summed E-state index contributed by atoms with van der Waals surface area (Å²) in [5, 5.41) is 11.2. The molecule has 368 valence electrons. The van der Waals surface area contributed by atoms with E-state index in [1.165, 1.54) is 12.1 Å². The molecule has 0 spiro atoms. The van der Waals surface area contributed by atoms with E-state index < -0.39 is 41.7 Å². The fraction of sp³-hybridized carbons (Fsp3) is 0.175. The molecule has 74 heavy (non-hydrogen) atoms. The van der Waals surface area contributed by atoms with Crippen molar-refractivity contribution in [2.75, 3.05) is 4.90 Å². The number of anilines is 1. The molecule has 10 nitrogen and oxygen atoms in total. The molecule has 1 saturated heterocycles. The maximum absolute atomic E-state index is 14.4. The van der Waals surface area contributed by atoms with Crippen LogP contribution >= 0.6 is 0 Å². The number of nitrogens with zero attached hydrogens (tertiary/aromatic N) is 3. The Bertz CT molecular complexity index is 3270. The van der Waals surface area contributed by atoms with Crippen molar-refractivity contribution in [1.29, 1.82) is 0 Å². The van der Waals surface area contributed by atoms with Crippen molar-refractivity contribution < 1.29 is 38.1 Å². The molecule has 0 unspecified atom stereocenters. The lowest BCUT2D eigenvalue weighted by molar-refractivity contribution is -0.163. The largest absolute Gasteiger partial charge is 0.489 e. The molecule has 1 N–H and O–H groups in total. The maximum Gasteiger partial charge on any atom is 0.321 e. The number of aliphatic hydroxyl groups excluding tert-OH is 1. The fourth-order valence-corrected chi connectivity index (χ4v) is 8.72. The van der Waals surface area contributed by atoms with Crippen molar-refractivity contribution >= 4 is 23.5 Å². The first kappa shape index (κ1) is 49.9. The van der Waals surface area contributed by atoms with Crippen molar-refractivity contribution in [2.24, 2.45) is 18.9 Å². The molecule has 0 saturated carbocycles. The zero-order valence-electron chi connectivity index (χ0n) is 40.6. The Labute approximate surface area is 430 Å². The number of benzene rings is 7. The Morgan fingerprint density at radius 2 is 1.24 bits per heavy atom. The molecule has 1 aliphatic heterocycles. The number of esters is 2. The highest BCUT2D eigenvalue weighted by molar-refractivity contribution is 6.03. The van der Waals surface area contributed by atoms with E-state index in [0.717, 1.165) is 38.9 Å².